The lowest BCUT2D eigenvalue weighted by Gasteiger charge is -2.40. The Kier molecular flexibility index (Phi) is 5.44. The van der Waals surface area contributed by atoms with E-state index in [1.807, 2.05) is 0 Å². The normalized spacial score (nSPS) is 24.0. The highest BCUT2D eigenvalue weighted by molar-refractivity contribution is 5.20. The molecule has 1 fully saturated rings. The van der Waals surface area contributed by atoms with Crippen LogP contribution in [-0.2, 0) is 0 Å². The van der Waals surface area contributed by atoms with E-state index < -0.39 is 0 Å². The predicted molar refractivity (Wildman–Crippen MR) is 80.9 cm³/mol. The number of hydrogen-bond donors (Lipinski definition) is 1. The molecule has 1 aliphatic heterocycles. The van der Waals surface area contributed by atoms with Crippen molar-refractivity contribution in [2.45, 2.75) is 38.3 Å². The molecule has 2 heteroatoms. The zero-order valence-corrected chi connectivity index (χ0v) is 11.8. The molecule has 1 aliphatic rings. The molecule has 2 atom stereocenters. The van der Waals surface area contributed by atoms with Crippen LogP contribution in [0.2, 0.25) is 0 Å². The molecule has 19 heavy (non-hydrogen) atoms. The Morgan fingerprint density at radius 3 is 2.84 bits per heavy atom. The minimum Gasteiger partial charge on any atom is -0.311 e. The van der Waals surface area contributed by atoms with E-state index in [1.165, 1.54) is 18.4 Å². The molecular formula is C17H24N2. The summed E-state index contributed by atoms with van der Waals surface area (Å²) in [7, 11) is 0. The summed E-state index contributed by atoms with van der Waals surface area (Å²) in [5, 5.41) is 3.68. The zero-order valence-electron chi connectivity index (χ0n) is 11.8. The highest BCUT2D eigenvalue weighted by atomic mass is 15.2. The fraction of sp³-hybridized carbons (Fsp3) is 0.529. The highest BCUT2D eigenvalue weighted by Gasteiger charge is 2.27. The summed E-state index contributed by atoms with van der Waals surface area (Å²) in [6, 6.07) is 11.8. The predicted octanol–water partition coefficient (Wildman–Crippen LogP) is 2.82. The van der Waals surface area contributed by atoms with Gasteiger partial charge in [-0.1, -0.05) is 43.7 Å². The maximum atomic E-state index is 5.43. The van der Waals surface area contributed by atoms with Crippen LogP contribution in [0, 0.1) is 12.3 Å². The van der Waals surface area contributed by atoms with Gasteiger partial charge in [0.2, 0.25) is 0 Å². The molecule has 2 nitrogen and oxygen atoms in total. The second kappa shape index (κ2) is 7.33. The Labute approximate surface area is 117 Å². The third kappa shape index (κ3) is 3.83. The Morgan fingerprint density at radius 2 is 2.16 bits per heavy atom. The van der Waals surface area contributed by atoms with Crippen LogP contribution in [-0.4, -0.2) is 30.6 Å². The summed E-state index contributed by atoms with van der Waals surface area (Å²) in [6.45, 7) is 5.38. The lowest BCUT2D eigenvalue weighted by atomic mass is 9.99. The Balaban J connectivity index is 2.06. The van der Waals surface area contributed by atoms with Gasteiger partial charge in [0.1, 0.15) is 0 Å². The monoisotopic (exact) mass is 256 g/mol. The molecule has 0 radical (unpaired) electrons. The van der Waals surface area contributed by atoms with Gasteiger partial charge in [0.15, 0.2) is 0 Å². The molecule has 1 heterocycles. The van der Waals surface area contributed by atoms with Crippen molar-refractivity contribution in [1.82, 2.24) is 10.2 Å². The molecule has 2 unspecified atom stereocenters. The van der Waals surface area contributed by atoms with Gasteiger partial charge in [-0.05, 0) is 12.0 Å². The second-order valence-corrected chi connectivity index (χ2v) is 5.27. The summed E-state index contributed by atoms with van der Waals surface area (Å²) in [5.41, 5.74) is 1.39. The molecule has 0 spiro atoms. The van der Waals surface area contributed by atoms with Gasteiger partial charge in [-0.15, -0.1) is 12.3 Å². The molecular weight excluding hydrogens is 232 g/mol. The van der Waals surface area contributed by atoms with E-state index in [4.69, 9.17) is 6.42 Å². The van der Waals surface area contributed by atoms with Gasteiger partial charge in [-0.2, -0.15) is 0 Å². The van der Waals surface area contributed by atoms with Crippen molar-refractivity contribution >= 4 is 0 Å². The maximum absolute atomic E-state index is 5.43. The highest BCUT2D eigenvalue weighted by Crippen LogP contribution is 2.24. The molecule has 0 aliphatic carbocycles. The first-order valence-electron chi connectivity index (χ1n) is 7.31. The van der Waals surface area contributed by atoms with Crippen molar-refractivity contribution in [2.75, 3.05) is 19.6 Å². The van der Waals surface area contributed by atoms with Gasteiger partial charge in [0, 0.05) is 38.1 Å². The maximum Gasteiger partial charge on any atom is 0.0473 e. The standard InChI is InChI=1S/C17H24N2/c1-3-5-12-19-14-16(9-4-2)18-13-17(19)15-10-7-6-8-11-15/h1,6-8,10-11,16-18H,4-5,9,12-14H2,2H3. The van der Waals surface area contributed by atoms with E-state index in [0.717, 1.165) is 26.1 Å². The van der Waals surface area contributed by atoms with Crippen LogP contribution in [0.1, 0.15) is 37.8 Å². The van der Waals surface area contributed by atoms with E-state index in [1.54, 1.807) is 0 Å². The number of terminal acetylenes is 1. The summed E-state index contributed by atoms with van der Waals surface area (Å²) >= 11 is 0. The van der Waals surface area contributed by atoms with Crippen LogP contribution in [0.25, 0.3) is 0 Å². The minimum absolute atomic E-state index is 0.461. The summed E-state index contributed by atoms with van der Waals surface area (Å²) in [4.78, 5) is 2.55. The smallest absolute Gasteiger partial charge is 0.0473 e. The summed E-state index contributed by atoms with van der Waals surface area (Å²) < 4.78 is 0. The number of hydrogen-bond acceptors (Lipinski definition) is 2. The third-order valence-corrected chi connectivity index (χ3v) is 3.86. The molecule has 1 N–H and O–H groups in total. The molecule has 1 saturated heterocycles. The fourth-order valence-corrected chi connectivity index (χ4v) is 2.88. The Bertz CT molecular complexity index is 407. The zero-order chi connectivity index (χ0) is 13.5. The summed E-state index contributed by atoms with van der Waals surface area (Å²) in [5.74, 6) is 2.77. The lowest BCUT2D eigenvalue weighted by molar-refractivity contribution is 0.129. The molecule has 0 saturated carbocycles. The van der Waals surface area contributed by atoms with Gasteiger partial charge in [-0.3, -0.25) is 4.90 Å². The fourth-order valence-electron chi connectivity index (χ4n) is 2.88. The Hall–Kier alpha value is -1.30. The van der Waals surface area contributed by atoms with Gasteiger partial charge in [0.05, 0.1) is 0 Å². The van der Waals surface area contributed by atoms with Crippen LogP contribution in [0.15, 0.2) is 30.3 Å². The van der Waals surface area contributed by atoms with E-state index in [0.29, 0.717) is 12.1 Å². The van der Waals surface area contributed by atoms with Crippen molar-refractivity contribution in [2.24, 2.45) is 0 Å². The van der Waals surface area contributed by atoms with Crippen LogP contribution in [0.4, 0.5) is 0 Å². The van der Waals surface area contributed by atoms with Crippen molar-refractivity contribution in [1.29, 1.82) is 0 Å². The first-order valence-corrected chi connectivity index (χ1v) is 7.31. The topological polar surface area (TPSA) is 15.3 Å². The largest absolute Gasteiger partial charge is 0.311 e. The number of rotatable bonds is 5. The average Bonchev–Trinajstić information content (AvgIpc) is 2.46. The number of nitrogens with zero attached hydrogens (tertiary/aromatic N) is 1. The van der Waals surface area contributed by atoms with Gasteiger partial charge >= 0.3 is 0 Å². The second-order valence-electron chi connectivity index (χ2n) is 5.27. The first-order chi connectivity index (χ1) is 9.35. The number of piperazine rings is 1. The number of benzene rings is 1. The van der Waals surface area contributed by atoms with Crippen LogP contribution in [0.5, 0.6) is 0 Å². The minimum atomic E-state index is 0.461. The first kappa shape index (κ1) is 14.1. The van der Waals surface area contributed by atoms with Crippen molar-refractivity contribution < 1.29 is 0 Å². The molecule has 0 bridgehead atoms. The molecule has 0 aromatic heterocycles. The van der Waals surface area contributed by atoms with Gasteiger partial charge in [0.25, 0.3) is 0 Å². The van der Waals surface area contributed by atoms with Crippen molar-refractivity contribution in [3.8, 4) is 12.3 Å². The van der Waals surface area contributed by atoms with E-state index in [2.05, 4.69) is 53.4 Å². The number of nitrogens with one attached hydrogen (secondary N) is 1. The average molecular weight is 256 g/mol. The summed E-state index contributed by atoms with van der Waals surface area (Å²) in [6.07, 6.45) is 8.74. The van der Waals surface area contributed by atoms with Gasteiger partial charge in [-0.25, -0.2) is 0 Å². The third-order valence-electron chi connectivity index (χ3n) is 3.86. The van der Waals surface area contributed by atoms with Crippen LogP contribution >= 0.6 is 0 Å². The molecule has 1 aromatic rings. The van der Waals surface area contributed by atoms with Gasteiger partial charge < -0.3 is 5.32 Å². The SMILES string of the molecule is C#CCCN1CC(CCC)NCC1c1ccccc1. The molecule has 1 aromatic carbocycles. The molecule has 2 rings (SSSR count). The van der Waals surface area contributed by atoms with Crippen molar-refractivity contribution in [3.63, 3.8) is 0 Å². The lowest BCUT2D eigenvalue weighted by Crippen LogP contribution is -2.52. The Morgan fingerprint density at radius 1 is 1.37 bits per heavy atom. The van der Waals surface area contributed by atoms with Crippen LogP contribution in [0.3, 0.4) is 0 Å². The van der Waals surface area contributed by atoms with E-state index in [9.17, 15) is 0 Å². The molecule has 0 amide bonds. The quantitative estimate of drug-likeness (QED) is 0.815. The van der Waals surface area contributed by atoms with E-state index >= 15 is 0 Å². The van der Waals surface area contributed by atoms with Crippen LogP contribution < -0.4 is 5.32 Å². The molecule has 102 valence electrons. The van der Waals surface area contributed by atoms with Crippen molar-refractivity contribution in [3.05, 3.63) is 35.9 Å². The van der Waals surface area contributed by atoms with E-state index in [-0.39, 0.29) is 0 Å².